The summed E-state index contributed by atoms with van der Waals surface area (Å²) >= 11 is 0. The van der Waals surface area contributed by atoms with Gasteiger partial charge >= 0.3 is 0 Å². The number of hydrogen-bond acceptors (Lipinski definition) is 2. The van der Waals surface area contributed by atoms with Crippen LogP contribution < -0.4 is 5.73 Å². The summed E-state index contributed by atoms with van der Waals surface area (Å²) in [5.74, 6) is 0. The Kier molecular flexibility index (Phi) is 4.00. The van der Waals surface area contributed by atoms with Crippen molar-refractivity contribution in [2.24, 2.45) is 12.8 Å². The smallest absolute Gasteiger partial charge is 0.0629 e. The Balaban J connectivity index is 2.33. The molecule has 3 nitrogen and oxygen atoms in total. The first-order valence-corrected chi connectivity index (χ1v) is 7.13. The second kappa shape index (κ2) is 5.41. The van der Waals surface area contributed by atoms with Gasteiger partial charge in [0.1, 0.15) is 0 Å². The van der Waals surface area contributed by atoms with Crippen LogP contribution in [0, 0.1) is 34.6 Å². The van der Waals surface area contributed by atoms with Gasteiger partial charge in [-0.3, -0.25) is 4.68 Å². The lowest BCUT2D eigenvalue weighted by Gasteiger charge is -2.17. The summed E-state index contributed by atoms with van der Waals surface area (Å²) in [6, 6.07) is 4.49. The van der Waals surface area contributed by atoms with E-state index in [1.54, 1.807) is 0 Å². The summed E-state index contributed by atoms with van der Waals surface area (Å²) in [5.41, 5.74) is 15.2. The second-order valence-corrected chi connectivity index (χ2v) is 5.88. The van der Waals surface area contributed by atoms with Gasteiger partial charge in [-0.1, -0.05) is 12.1 Å². The molecule has 0 aliphatic heterocycles. The molecule has 0 aliphatic carbocycles. The minimum atomic E-state index is 0.0240. The Morgan fingerprint density at radius 2 is 1.65 bits per heavy atom. The second-order valence-electron chi connectivity index (χ2n) is 5.88. The number of rotatable bonds is 3. The number of benzene rings is 1. The molecule has 0 fully saturated rings. The van der Waals surface area contributed by atoms with Crippen molar-refractivity contribution in [3.8, 4) is 0 Å². The van der Waals surface area contributed by atoms with Crippen LogP contribution in [0.2, 0.25) is 0 Å². The van der Waals surface area contributed by atoms with E-state index in [0.717, 1.165) is 12.1 Å². The van der Waals surface area contributed by atoms with Gasteiger partial charge in [-0.05, 0) is 68.9 Å². The van der Waals surface area contributed by atoms with Gasteiger partial charge in [-0.2, -0.15) is 5.10 Å². The highest BCUT2D eigenvalue weighted by Gasteiger charge is 2.16. The molecule has 3 heteroatoms. The highest BCUT2D eigenvalue weighted by molar-refractivity contribution is 5.39. The third-order valence-electron chi connectivity index (χ3n) is 4.36. The first-order chi connectivity index (χ1) is 9.31. The number of nitrogens with two attached hydrogens (primary N) is 1. The highest BCUT2D eigenvalue weighted by atomic mass is 15.3. The number of aryl methyl sites for hydroxylation is 5. The van der Waals surface area contributed by atoms with Crippen molar-refractivity contribution in [1.82, 2.24) is 9.78 Å². The first-order valence-electron chi connectivity index (χ1n) is 7.13. The van der Waals surface area contributed by atoms with Crippen LogP contribution in [0.3, 0.4) is 0 Å². The summed E-state index contributed by atoms with van der Waals surface area (Å²) in [6.45, 7) is 10.6. The summed E-state index contributed by atoms with van der Waals surface area (Å²) in [6.07, 6.45) is 0.842. The zero-order valence-electron chi connectivity index (χ0n) is 13.4. The van der Waals surface area contributed by atoms with Crippen molar-refractivity contribution in [3.63, 3.8) is 0 Å². The maximum Gasteiger partial charge on any atom is 0.0629 e. The van der Waals surface area contributed by atoms with Crippen LogP contribution in [-0.2, 0) is 13.5 Å². The molecule has 1 aromatic heterocycles. The molecule has 0 saturated heterocycles. The van der Waals surface area contributed by atoms with Gasteiger partial charge in [0, 0.05) is 18.8 Å². The molecule has 0 amide bonds. The molecule has 1 unspecified atom stereocenters. The Morgan fingerprint density at radius 3 is 2.20 bits per heavy atom. The van der Waals surface area contributed by atoms with Gasteiger partial charge in [-0.25, -0.2) is 0 Å². The molecule has 2 aromatic rings. The Morgan fingerprint density at radius 1 is 1.05 bits per heavy atom. The van der Waals surface area contributed by atoms with E-state index >= 15 is 0 Å². The van der Waals surface area contributed by atoms with Crippen LogP contribution in [0.1, 0.15) is 45.2 Å². The van der Waals surface area contributed by atoms with Gasteiger partial charge in [0.05, 0.1) is 5.69 Å². The maximum atomic E-state index is 6.46. The quantitative estimate of drug-likeness (QED) is 0.931. The fourth-order valence-electron chi connectivity index (χ4n) is 2.83. The van der Waals surface area contributed by atoms with Gasteiger partial charge in [0.25, 0.3) is 0 Å². The standard InChI is InChI=1S/C17H25N3/c1-10-7-12(3)15(8-11(10)2)17(18)9-16-13(4)19-20(6)14(16)5/h7-8,17H,9,18H2,1-6H3. The van der Waals surface area contributed by atoms with Crippen LogP contribution in [0.25, 0.3) is 0 Å². The van der Waals surface area contributed by atoms with Gasteiger partial charge in [-0.15, -0.1) is 0 Å². The van der Waals surface area contributed by atoms with Crippen LogP contribution in [0.15, 0.2) is 12.1 Å². The van der Waals surface area contributed by atoms with Crippen molar-refractivity contribution in [3.05, 3.63) is 51.3 Å². The van der Waals surface area contributed by atoms with Gasteiger partial charge < -0.3 is 5.73 Å². The fraction of sp³-hybridized carbons (Fsp3) is 0.471. The normalized spacial score (nSPS) is 12.8. The van der Waals surface area contributed by atoms with Crippen LogP contribution in [0.4, 0.5) is 0 Å². The Bertz CT molecular complexity index is 638. The SMILES string of the molecule is Cc1cc(C)c(C(N)Cc2c(C)nn(C)c2C)cc1C. The van der Waals surface area contributed by atoms with E-state index in [1.807, 2.05) is 11.7 Å². The zero-order chi connectivity index (χ0) is 15.0. The monoisotopic (exact) mass is 271 g/mol. The van der Waals surface area contributed by atoms with Gasteiger partial charge in [0.15, 0.2) is 0 Å². The summed E-state index contributed by atoms with van der Waals surface area (Å²) in [5, 5.41) is 4.47. The van der Waals surface area contributed by atoms with E-state index in [4.69, 9.17) is 5.73 Å². The number of aromatic nitrogens is 2. The minimum Gasteiger partial charge on any atom is -0.324 e. The molecule has 108 valence electrons. The molecule has 0 aliphatic rings. The van der Waals surface area contributed by atoms with Crippen LogP contribution in [-0.4, -0.2) is 9.78 Å². The Hall–Kier alpha value is -1.61. The third-order valence-corrected chi connectivity index (χ3v) is 4.36. The lowest BCUT2D eigenvalue weighted by Crippen LogP contribution is -2.16. The molecule has 0 saturated carbocycles. The van der Waals surface area contributed by atoms with E-state index in [9.17, 15) is 0 Å². The summed E-state index contributed by atoms with van der Waals surface area (Å²) in [4.78, 5) is 0. The molecule has 2 N–H and O–H groups in total. The van der Waals surface area contributed by atoms with Gasteiger partial charge in [0.2, 0.25) is 0 Å². The molecule has 0 spiro atoms. The van der Waals surface area contributed by atoms with E-state index in [2.05, 4.69) is 51.9 Å². The van der Waals surface area contributed by atoms with Crippen molar-refractivity contribution in [2.45, 2.75) is 47.1 Å². The van der Waals surface area contributed by atoms with Crippen molar-refractivity contribution in [1.29, 1.82) is 0 Å². The molecule has 0 bridgehead atoms. The highest BCUT2D eigenvalue weighted by Crippen LogP contribution is 2.25. The average molecular weight is 271 g/mol. The minimum absolute atomic E-state index is 0.0240. The average Bonchev–Trinajstić information content (AvgIpc) is 2.60. The summed E-state index contributed by atoms with van der Waals surface area (Å²) < 4.78 is 1.94. The topological polar surface area (TPSA) is 43.8 Å². The molecule has 1 aromatic carbocycles. The lowest BCUT2D eigenvalue weighted by atomic mass is 9.92. The fourth-order valence-corrected chi connectivity index (χ4v) is 2.83. The van der Waals surface area contributed by atoms with E-state index in [0.29, 0.717) is 0 Å². The predicted molar refractivity (Wildman–Crippen MR) is 84.0 cm³/mol. The maximum absolute atomic E-state index is 6.46. The molecule has 2 rings (SSSR count). The lowest BCUT2D eigenvalue weighted by molar-refractivity contribution is 0.702. The molecule has 20 heavy (non-hydrogen) atoms. The largest absolute Gasteiger partial charge is 0.324 e. The molecule has 1 atom stereocenters. The molecular formula is C17H25N3. The molecular weight excluding hydrogens is 246 g/mol. The molecule has 0 radical (unpaired) electrons. The van der Waals surface area contributed by atoms with Crippen LogP contribution >= 0.6 is 0 Å². The van der Waals surface area contributed by atoms with E-state index in [1.165, 1.54) is 33.5 Å². The van der Waals surface area contributed by atoms with Crippen molar-refractivity contribution >= 4 is 0 Å². The Labute approximate surface area is 121 Å². The van der Waals surface area contributed by atoms with Crippen LogP contribution in [0.5, 0.6) is 0 Å². The number of nitrogens with zero attached hydrogens (tertiary/aromatic N) is 2. The number of hydrogen-bond donors (Lipinski definition) is 1. The third kappa shape index (κ3) is 2.63. The zero-order valence-corrected chi connectivity index (χ0v) is 13.4. The summed E-state index contributed by atoms with van der Waals surface area (Å²) in [7, 11) is 1.98. The van der Waals surface area contributed by atoms with E-state index in [-0.39, 0.29) is 6.04 Å². The van der Waals surface area contributed by atoms with Crippen molar-refractivity contribution in [2.75, 3.05) is 0 Å². The predicted octanol–water partition coefficient (Wildman–Crippen LogP) is 3.20. The first kappa shape index (κ1) is 14.8. The van der Waals surface area contributed by atoms with Crippen molar-refractivity contribution < 1.29 is 0 Å². The van der Waals surface area contributed by atoms with E-state index < -0.39 is 0 Å². The molecule has 1 heterocycles.